The lowest BCUT2D eigenvalue weighted by molar-refractivity contribution is 0.507. The highest BCUT2D eigenvalue weighted by atomic mass is 32.2. The molecule has 0 heterocycles. The zero-order chi connectivity index (χ0) is 13.6. The molecule has 1 aromatic rings. The van der Waals surface area contributed by atoms with Crippen LogP contribution >= 0.6 is 0 Å². The molecule has 1 N–H and O–H groups in total. The van der Waals surface area contributed by atoms with Crippen LogP contribution in [-0.2, 0) is 16.4 Å². The zero-order valence-electron chi connectivity index (χ0n) is 10.2. The van der Waals surface area contributed by atoms with E-state index in [4.69, 9.17) is 0 Å². The van der Waals surface area contributed by atoms with E-state index in [9.17, 15) is 17.2 Å². The van der Waals surface area contributed by atoms with Crippen LogP contribution in [0.4, 0.5) is 8.78 Å². The highest BCUT2D eigenvalue weighted by molar-refractivity contribution is 7.89. The van der Waals surface area contributed by atoms with E-state index in [0.29, 0.717) is 18.4 Å². The van der Waals surface area contributed by atoms with Gasteiger partial charge in [0.15, 0.2) is 11.6 Å². The van der Waals surface area contributed by atoms with Gasteiger partial charge in [0.1, 0.15) is 0 Å². The highest BCUT2D eigenvalue weighted by Gasteiger charge is 2.09. The molecule has 0 fully saturated rings. The second-order valence-electron chi connectivity index (χ2n) is 4.07. The summed E-state index contributed by atoms with van der Waals surface area (Å²) in [6, 6.07) is 3.56. The molecule has 0 aliphatic rings. The van der Waals surface area contributed by atoms with Crippen LogP contribution in [0.3, 0.4) is 0 Å². The fraction of sp³-hybridized carbons (Fsp3) is 0.500. The summed E-state index contributed by atoms with van der Waals surface area (Å²) in [6.07, 6.45) is 1.76. The molecular formula is C12H17F2NO2S. The summed E-state index contributed by atoms with van der Waals surface area (Å²) in [6.45, 7) is 2.11. The Kier molecular flexibility index (Phi) is 5.68. The number of unbranched alkanes of at least 4 members (excludes halogenated alkanes) is 1. The average Bonchev–Trinajstić information content (AvgIpc) is 2.31. The van der Waals surface area contributed by atoms with Crippen LogP contribution in [0, 0.1) is 11.6 Å². The molecule has 1 rings (SSSR count). The molecule has 18 heavy (non-hydrogen) atoms. The van der Waals surface area contributed by atoms with Gasteiger partial charge in [-0.3, -0.25) is 0 Å². The summed E-state index contributed by atoms with van der Waals surface area (Å²) in [4.78, 5) is 0. The van der Waals surface area contributed by atoms with E-state index in [2.05, 4.69) is 4.72 Å². The van der Waals surface area contributed by atoms with Gasteiger partial charge >= 0.3 is 0 Å². The lowest BCUT2D eigenvalue weighted by atomic mass is 10.1. The Labute approximate surface area is 106 Å². The quantitative estimate of drug-likeness (QED) is 0.830. The van der Waals surface area contributed by atoms with Crippen LogP contribution in [0.25, 0.3) is 0 Å². The summed E-state index contributed by atoms with van der Waals surface area (Å²) in [5.74, 6) is -1.72. The lowest BCUT2D eigenvalue weighted by Crippen LogP contribution is -2.28. The zero-order valence-corrected chi connectivity index (χ0v) is 11.1. The van der Waals surface area contributed by atoms with Crippen molar-refractivity contribution in [3.05, 3.63) is 35.4 Å². The molecule has 0 atom stereocenters. The second kappa shape index (κ2) is 6.80. The minimum Gasteiger partial charge on any atom is -0.215 e. The summed E-state index contributed by atoms with van der Waals surface area (Å²) in [7, 11) is -3.25. The molecule has 0 amide bonds. The SMILES string of the molecule is CCCCS(=O)(=O)NCCc1ccc(F)c(F)c1. The number of hydrogen-bond donors (Lipinski definition) is 1. The Morgan fingerprint density at radius 2 is 1.94 bits per heavy atom. The van der Waals surface area contributed by atoms with E-state index >= 15 is 0 Å². The fourth-order valence-electron chi connectivity index (χ4n) is 1.45. The van der Waals surface area contributed by atoms with E-state index in [0.717, 1.165) is 18.6 Å². The molecule has 0 radical (unpaired) electrons. The number of rotatable bonds is 7. The number of nitrogens with one attached hydrogen (secondary N) is 1. The van der Waals surface area contributed by atoms with Gasteiger partial charge in [0, 0.05) is 6.54 Å². The van der Waals surface area contributed by atoms with Crippen LogP contribution < -0.4 is 4.72 Å². The summed E-state index contributed by atoms with van der Waals surface area (Å²) in [5.41, 5.74) is 0.562. The standard InChI is InChI=1S/C12H17F2NO2S/c1-2-3-8-18(16,17)15-7-6-10-4-5-11(13)12(14)9-10/h4-5,9,15H,2-3,6-8H2,1H3. The molecule has 0 saturated heterocycles. The van der Waals surface area contributed by atoms with Gasteiger partial charge in [-0.25, -0.2) is 21.9 Å². The van der Waals surface area contributed by atoms with Gasteiger partial charge in [-0.15, -0.1) is 0 Å². The van der Waals surface area contributed by atoms with Crippen molar-refractivity contribution in [3.8, 4) is 0 Å². The summed E-state index contributed by atoms with van der Waals surface area (Å²) >= 11 is 0. The Bertz CT molecular complexity index is 489. The molecule has 6 heteroatoms. The second-order valence-corrected chi connectivity index (χ2v) is 5.99. The smallest absolute Gasteiger partial charge is 0.211 e. The Morgan fingerprint density at radius 3 is 2.56 bits per heavy atom. The van der Waals surface area contributed by atoms with Crippen molar-refractivity contribution in [1.82, 2.24) is 4.72 Å². The van der Waals surface area contributed by atoms with Gasteiger partial charge in [-0.1, -0.05) is 19.4 Å². The third kappa shape index (κ3) is 5.10. The first-order chi connectivity index (χ1) is 8.44. The topological polar surface area (TPSA) is 46.2 Å². The maximum atomic E-state index is 12.9. The molecule has 1 aromatic carbocycles. The van der Waals surface area contributed by atoms with Crippen LogP contribution in [-0.4, -0.2) is 20.7 Å². The normalized spacial score (nSPS) is 11.7. The maximum absolute atomic E-state index is 12.9. The van der Waals surface area contributed by atoms with Crippen LogP contribution in [0.15, 0.2) is 18.2 Å². The lowest BCUT2D eigenvalue weighted by Gasteiger charge is -2.06. The monoisotopic (exact) mass is 277 g/mol. The largest absolute Gasteiger partial charge is 0.215 e. The summed E-state index contributed by atoms with van der Waals surface area (Å²) < 4.78 is 50.9. The van der Waals surface area contributed by atoms with E-state index in [-0.39, 0.29) is 12.3 Å². The first-order valence-corrected chi connectivity index (χ1v) is 7.51. The van der Waals surface area contributed by atoms with Crippen molar-refractivity contribution in [2.45, 2.75) is 26.2 Å². The Morgan fingerprint density at radius 1 is 1.22 bits per heavy atom. The van der Waals surface area contributed by atoms with E-state index < -0.39 is 21.7 Å². The van der Waals surface area contributed by atoms with Gasteiger partial charge in [0.05, 0.1) is 5.75 Å². The minimum atomic E-state index is -3.25. The van der Waals surface area contributed by atoms with E-state index in [1.54, 1.807) is 0 Å². The predicted octanol–water partition coefficient (Wildman–Crippen LogP) is 2.23. The van der Waals surface area contributed by atoms with Gasteiger partial charge < -0.3 is 0 Å². The van der Waals surface area contributed by atoms with Crippen molar-refractivity contribution >= 4 is 10.0 Å². The van der Waals surface area contributed by atoms with Crippen LogP contribution in [0.2, 0.25) is 0 Å². The predicted molar refractivity (Wildman–Crippen MR) is 66.8 cm³/mol. The molecular weight excluding hydrogens is 260 g/mol. The van der Waals surface area contributed by atoms with Gasteiger partial charge in [0.2, 0.25) is 10.0 Å². The van der Waals surface area contributed by atoms with Gasteiger partial charge in [0.25, 0.3) is 0 Å². The first kappa shape index (κ1) is 15.0. The third-order valence-electron chi connectivity index (χ3n) is 2.49. The Hall–Kier alpha value is -1.01. The Balaban J connectivity index is 2.44. The maximum Gasteiger partial charge on any atom is 0.211 e. The molecule has 102 valence electrons. The summed E-state index contributed by atoms with van der Waals surface area (Å²) in [5, 5.41) is 0. The molecule has 0 bridgehead atoms. The van der Waals surface area contributed by atoms with Crippen LogP contribution in [0.1, 0.15) is 25.3 Å². The molecule has 0 aliphatic heterocycles. The number of benzene rings is 1. The number of sulfonamides is 1. The minimum absolute atomic E-state index is 0.0985. The van der Waals surface area contributed by atoms with E-state index in [1.807, 2.05) is 6.92 Å². The number of hydrogen-bond acceptors (Lipinski definition) is 2. The van der Waals surface area contributed by atoms with Gasteiger partial charge in [-0.2, -0.15) is 0 Å². The van der Waals surface area contributed by atoms with Crippen molar-refractivity contribution in [2.24, 2.45) is 0 Å². The third-order valence-corrected chi connectivity index (χ3v) is 3.96. The molecule has 0 saturated carbocycles. The average molecular weight is 277 g/mol. The fourth-order valence-corrected chi connectivity index (χ4v) is 2.68. The van der Waals surface area contributed by atoms with Crippen molar-refractivity contribution in [1.29, 1.82) is 0 Å². The molecule has 3 nitrogen and oxygen atoms in total. The molecule has 0 aliphatic carbocycles. The molecule has 0 spiro atoms. The highest BCUT2D eigenvalue weighted by Crippen LogP contribution is 2.08. The number of halogens is 2. The van der Waals surface area contributed by atoms with Crippen LogP contribution in [0.5, 0.6) is 0 Å². The molecule has 0 aromatic heterocycles. The molecule has 0 unspecified atom stereocenters. The van der Waals surface area contributed by atoms with E-state index in [1.165, 1.54) is 6.07 Å². The van der Waals surface area contributed by atoms with Crippen molar-refractivity contribution in [3.63, 3.8) is 0 Å². The van der Waals surface area contributed by atoms with Crippen molar-refractivity contribution < 1.29 is 17.2 Å². The first-order valence-electron chi connectivity index (χ1n) is 5.86. The van der Waals surface area contributed by atoms with Crippen molar-refractivity contribution in [2.75, 3.05) is 12.3 Å². The van der Waals surface area contributed by atoms with Gasteiger partial charge in [-0.05, 0) is 30.5 Å².